The SMILES string of the molecule is O=S(=O)(Nc1nccnc1-c1ccc(COc2ccccc2)cc1)C1CC1. The van der Waals surface area contributed by atoms with E-state index in [1.165, 1.54) is 6.20 Å². The predicted molar refractivity (Wildman–Crippen MR) is 104 cm³/mol. The van der Waals surface area contributed by atoms with Crippen molar-refractivity contribution in [2.24, 2.45) is 0 Å². The molecule has 0 spiro atoms. The summed E-state index contributed by atoms with van der Waals surface area (Å²) in [5.74, 6) is 1.07. The molecule has 0 radical (unpaired) electrons. The fraction of sp³-hybridized carbons (Fsp3) is 0.200. The quantitative estimate of drug-likeness (QED) is 0.676. The lowest BCUT2D eigenvalue weighted by atomic mass is 10.1. The fourth-order valence-electron chi connectivity index (χ4n) is 2.66. The van der Waals surface area contributed by atoms with Gasteiger partial charge in [0.05, 0.1) is 5.25 Å². The van der Waals surface area contributed by atoms with E-state index in [2.05, 4.69) is 14.7 Å². The highest BCUT2D eigenvalue weighted by Gasteiger charge is 2.36. The minimum absolute atomic E-state index is 0.262. The summed E-state index contributed by atoms with van der Waals surface area (Å²) in [5, 5.41) is -0.315. The van der Waals surface area contributed by atoms with Crippen LogP contribution in [0.5, 0.6) is 5.75 Å². The summed E-state index contributed by atoms with van der Waals surface area (Å²) in [7, 11) is -3.39. The summed E-state index contributed by atoms with van der Waals surface area (Å²) in [4.78, 5) is 8.49. The van der Waals surface area contributed by atoms with Gasteiger partial charge in [-0.05, 0) is 30.5 Å². The molecule has 0 bridgehead atoms. The molecule has 7 heteroatoms. The zero-order valence-corrected chi connectivity index (χ0v) is 15.4. The molecule has 27 heavy (non-hydrogen) atoms. The summed E-state index contributed by atoms with van der Waals surface area (Å²) < 4.78 is 32.8. The minimum atomic E-state index is -3.39. The Balaban J connectivity index is 1.50. The molecule has 1 heterocycles. The van der Waals surface area contributed by atoms with Crippen LogP contribution in [0.4, 0.5) is 5.82 Å². The average molecular weight is 381 g/mol. The van der Waals surface area contributed by atoms with Gasteiger partial charge in [-0.3, -0.25) is 9.71 Å². The maximum atomic E-state index is 12.2. The molecule has 1 N–H and O–H groups in total. The Morgan fingerprint density at radius 3 is 2.37 bits per heavy atom. The summed E-state index contributed by atoms with van der Waals surface area (Å²) >= 11 is 0. The summed E-state index contributed by atoms with van der Waals surface area (Å²) in [6, 6.07) is 17.3. The molecule has 0 atom stereocenters. The van der Waals surface area contributed by atoms with Crippen molar-refractivity contribution in [2.75, 3.05) is 4.72 Å². The van der Waals surface area contributed by atoms with Gasteiger partial charge in [0.15, 0.2) is 5.82 Å². The summed E-state index contributed by atoms with van der Waals surface area (Å²) in [6.45, 7) is 0.450. The smallest absolute Gasteiger partial charge is 0.236 e. The molecule has 6 nitrogen and oxygen atoms in total. The number of nitrogens with one attached hydrogen (secondary N) is 1. The van der Waals surface area contributed by atoms with E-state index < -0.39 is 10.0 Å². The largest absolute Gasteiger partial charge is 0.489 e. The monoisotopic (exact) mass is 381 g/mol. The highest BCUT2D eigenvalue weighted by Crippen LogP contribution is 2.31. The van der Waals surface area contributed by atoms with Gasteiger partial charge in [0.2, 0.25) is 10.0 Å². The number of anilines is 1. The van der Waals surface area contributed by atoms with E-state index >= 15 is 0 Å². The van der Waals surface area contributed by atoms with Crippen LogP contribution in [0.2, 0.25) is 0 Å². The van der Waals surface area contributed by atoms with Crippen molar-refractivity contribution in [3.8, 4) is 17.0 Å². The van der Waals surface area contributed by atoms with E-state index in [0.717, 1.165) is 16.9 Å². The highest BCUT2D eigenvalue weighted by atomic mass is 32.2. The lowest BCUT2D eigenvalue weighted by Crippen LogP contribution is -2.19. The number of ether oxygens (including phenoxy) is 1. The van der Waals surface area contributed by atoms with Gasteiger partial charge in [-0.15, -0.1) is 0 Å². The van der Waals surface area contributed by atoms with Crippen molar-refractivity contribution in [3.05, 3.63) is 72.6 Å². The number of aromatic nitrogens is 2. The van der Waals surface area contributed by atoms with Crippen LogP contribution in [-0.2, 0) is 16.6 Å². The Bertz CT molecular complexity index is 1020. The Labute approximate surface area is 158 Å². The van der Waals surface area contributed by atoms with Gasteiger partial charge < -0.3 is 4.74 Å². The van der Waals surface area contributed by atoms with E-state index in [-0.39, 0.29) is 11.1 Å². The Morgan fingerprint density at radius 1 is 0.963 bits per heavy atom. The van der Waals surface area contributed by atoms with Gasteiger partial charge in [0.25, 0.3) is 0 Å². The molecule has 1 saturated carbocycles. The van der Waals surface area contributed by atoms with Crippen molar-refractivity contribution < 1.29 is 13.2 Å². The molecule has 2 aromatic carbocycles. The molecular formula is C20H19N3O3S. The second-order valence-electron chi connectivity index (χ2n) is 6.40. The molecule has 1 aliphatic carbocycles. The van der Waals surface area contributed by atoms with Crippen LogP contribution < -0.4 is 9.46 Å². The van der Waals surface area contributed by atoms with Crippen molar-refractivity contribution >= 4 is 15.8 Å². The van der Waals surface area contributed by atoms with E-state index in [4.69, 9.17) is 4.74 Å². The lowest BCUT2D eigenvalue weighted by molar-refractivity contribution is 0.306. The molecule has 1 fully saturated rings. The molecule has 0 saturated heterocycles. The lowest BCUT2D eigenvalue weighted by Gasteiger charge is -2.11. The van der Waals surface area contributed by atoms with Gasteiger partial charge in [-0.25, -0.2) is 13.4 Å². The number of para-hydroxylation sites is 1. The second-order valence-corrected chi connectivity index (χ2v) is 8.36. The van der Waals surface area contributed by atoms with Crippen molar-refractivity contribution in [3.63, 3.8) is 0 Å². The number of benzene rings is 2. The predicted octanol–water partition coefficient (Wildman–Crippen LogP) is 3.63. The molecule has 138 valence electrons. The van der Waals surface area contributed by atoms with Crippen LogP contribution in [0.15, 0.2) is 67.0 Å². The summed E-state index contributed by atoms with van der Waals surface area (Å²) in [6.07, 6.45) is 4.43. The van der Waals surface area contributed by atoms with Crippen molar-refractivity contribution in [2.45, 2.75) is 24.7 Å². The molecule has 0 unspecified atom stereocenters. The first-order valence-corrected chi connectivity index (χ1v) is 10.3. The van der Waals surface area contributed by atoms with Crippen LogP contribution in [0.1, 0.15) is 18.4 Å². The van der Waals surface area contributed by atoms with Crippen LogP contribution in [0.3, 0.4) is 0 Å². The molecular weight excluding hydrogens is 362 g/mol. The maximum absolute atomic E-state index is 12.2. The third-order valence-corrected chi connectivity index (χ3v) is 6.10. The maximum Gasteiger partial charge on any atom is 0.236 e. The van der Waals surface area contributed by atoms with E-state index in [9.17, 15) is 8.42 Å². The normalized spacial score (nSPS) is 13.9. The third-order valence-electron chi connectivity index (χ3n) is 4.28. The average Bonchev–Trinajstić information content (AvgIpc) is 3.54. The van der Waals surface area contributed by atoms with Crippen LogP contribution in [-0.4, -0.2) is 23.6 Å². The first-order chi connectivity index (χ1) is 13.1. The molecule has 0 amide bonds. The van der Waals surface area contributed by atoms with Gasteiger partial charge in [-0.2, -0.15) is 0 Å². The van der Waals surface area contributed by atoms with E-state index in [1.807, 2.05) is 54.6 Å². The van der Waals surface area contributed by atoms with Crippen molar-refractivity contribution in [1.29, 1.82) is 0 Å². The zero-order chi connectivity index (χ0) is 18.7. The molecule has 0 aliphatic heterocycles. The van der Waals surface area contributed by atoms with Gasteiger partial charge >= 0.3 is 0 Å². The number of hydrogen-bond donors (Lipinski definition) is 1. The number of hydrogen-bond acceptors (Lipinski definition) is 5. The second kappa shape index (κ2) is 7.36. The molecule has 1 aliphatic rings. The van der Waals surface area contributed by atoms with Crippen LogP contribution >= 0.6 is 0 Å². The Hall–Kier alpha value is -2.93. The Kier molecular flexibility index (Phi) is 4.77. The van der Waals surface area contributed by atoms with Gasteiger partial charge in [0.1, 0.15) is 18.1 Å². The van der Waals surface area contributed by atoms with E-state index in [0.29, 0.717) is 25.1 Å². The molecule has 3 aromatic rings. The fourth-order valence-corrected chi connectivity index (χ4v) is 4.00. The summed E-state index contributed by atoms with van der Waals surface area (Å²) in [5.41, 5.74) is 2.31. The zero-order valence-electron chi connectivity index (χ0n) is 14.6. The molecule has 4 rings (SSSR count). The van der Waals surface area contributed by atoms with Crippen LogP contribution in [0, 0.1) is 0 Å². The standard InChI is InChI=1S/C20H19N3O3S/c24-27(25,18-10-11-18)23-20-19(21-12-13-22-20)16-8-6-15(7-9-16)14-26-17-4-2-1-3-5-17/h1-9,12-13,18H,10-11,14H2,(H,22,23). The topological polar surface area (TPSA) is 81.2 Å². The first-order valence-electron chi connectivity index (χ1n) is 8.72. The third kappa shape index (κ3) is 4.25. The molecule has 1 aromatic heterocycles. The number of nitrogens with zero attached hydrogens (tertiary/aromatic N) is 2. The first kappa shape index (κ1) is 17.5. The van der Waals surface area contributed by atoms with E-state index in [1.54, 1.807) is 6.20 Å². The van der Waals surface area contributed by atoms with Crippen LogP contribution in [0.25, 0.3) is 11.3 Å². The number of rotatable bonds is 7. The number of sulfonamides is 1. The van der Waals surface area contributed by atoms with Gasteiger partial charge in [0, 0.05) is 18.0 Å². The van der Waals surface area contributed by atoms with Gasteiger partial charge in [-0.1, -0.05) is 42.5 Å². The van der Waals surface area contributed by atoms with Crippen molar-refractivity contribution in [1.82, 2.24) is 9.97 Å². The Morgan fingerprint density at radius 2 is 1.67 bits per heavy atom. The minimum Gasteiger partial charge on any atom is -0.489 e. The highest BCUT2D eigenvalue weighted by molar-refractivity contribution is 7.93.